The summed E-state index contributed by atoms with van der Waals surface area (Å²) in [4.78, 5) is 0. The lowest BCUT2D eigenvalue weighted by atomic mass is 10.1. The first kappa shape index (κ1) is 12.0. The van der Waals surface area contributed by atoms with Gasteiger partial charge in [-0.15, -0.1) is 0 Å². The minimum Gasteiger partial charge on any atom is -0.496 e. The van der Waals surface area contributed by atoms with E-state index in [4.69, 9.17) is 9.47 Å². The second-order valence-corrected chi connectivity index (χ2v) is 3.41. The Kier molecular flexibility index (Phi) is 5.12. The zero-order chi connectivity index (χ0) is 11.1. The molecule has 0 saturated heterocycles. The predicted molar refractivity (Wildman–Crippen MR) is 58.0 cm³/mol. The fourth-order valence-electron chi connectivity index (χ4n) is 1.31. The number of methoxy groups -OCH3 is 1. The van der Waals surface area contributed by atoms with E-state index in [-0.39, 0.29) is 6.67 Å². The maximum atomic E-state index is 11.8. The summed E-state index contributed by atoms with van der Waals surface area (Å²) in [6.45, 7) is 2.61. The lowest BCUT2D eigenvalue weighted by Gasteiger charge is -2.09. The summed E-state index contributed by atoms with van der Waals surface area (Å²) in [5.41, 5.74) is 2.15. The molecule has 1 aromatic carbocycles. The predicted octanol–water partition coefficient (Wildman–Crippen LogP) is 2.88. The normalized spacial score (nSPS) is 10.3. The van der Waals surface area contributed by atoms with Crippen LogP contribution < -0.4 is 4.74 Å². The third-order valence-electron chi connectivity index (χ3n) is 2.12. The van der Waals surface area contributed by atoms with Gasteiger partial charge in [0.1, 0.15) is 5.75 Å². The van der Waals surface area contributed by atoms with Gasteiger partial charge in [-0.3, -0.25) is 4.39 Å². The molecule has 0 spiro atoms. The van der Waals surface area contributed by atoms with Crippen molar-refractivity contribution in [2.75, 3.05) is 20.4 Å². The van der Waals surface area contributed by atoms with E-state index in [1.807, 2.05) is 25.1 Å². The van der Waals surface area contributed by atoms with Crippen LogP contribution in [0.5, 0.6) is 5.75 Å². The maximum absolute atomic E-state index is 11.8. The zero-order valence-electron chi connectivity index (χ0n) is 9.25. The van der Waals surface area contributed by atoms with Crippen LogP contribution in [0.2, 0.25) is 0 Å². The molecule has 0 saturated carbocycles. The molecule has 0 aliphatic carbocycles. The van der Waals surface area contributed by atoms with E-state index in [9.17, 15) is 4.39 Å². The number of hydrogen-bond donors (Lipinski definition) is 0. The summed E-state index contributed by atoms with van der Waals surface area (Å²) in [5, 5.41) is 0. The Morgan fingerprint density at radius 2 is 2.13 bits per heavy atom. The Morgan fingerprint density at radius 1 is 1.33 bits per heavy atom. The number of alkyl halides is 1. The van der Waals surface area contributed by atoms with E-state index < -0.39 is 0 Å². The molecule has 0 unspecified atom stereocenters. The number of ether oxygens (including phenoxy) is 2. The Morgan fingerprint density at radius 3 is 2.80 bits per heavy atom. The second-order valence-electron chi connectivity index (χ2n) is 3.41. The Bertz CT molecular complexity index is 300. The fraction of sp³-hybridized carbons (Fsp3) is 0.500. The van der Waals surface area contributed by atoms with Crippen molar-refractivity contribution in [3.8, 4) is 5.75 Å². The molecular formula is C12H17FO2. The molecule has 84 valence electrons. The van der Waals surface area contributed by atoms with Gasteiger partial charge < -0.3 is 9.47 Å². The highest BCUT2D eigenvalue weighted by Crippen LogP contribution is 2.20. The topological polar surface area (TPSA) is 18.5 Å². The van der Waals surface area contributed by atoms with Crippen molar-refractivity contribution in [3.63, 3.8) is 0 Å². The molecule has 0 fully saturated rings. The molecule has 0 aliphatic rings. The summed E-state index contributed by atoms with van der Waals surface area (Å²) in [6, 6.07) is 5.95. The number of halogens is 1. The number of rotatable bonds is 6. The first-order valence-electron chi connectivity index (χ1n) is 5.05. The van der Waals surface area contributed by atoms with Crippen LogP contribution in [0.1, 0.15) is 17.5 Å². The molecule has 0 aromatic heterocycles. The summed E-state index contributed by atoms with van der Waals surface area (Å²) < 4.78 is 22.4. The van der Waals surface area contributed by atoms with Crippen LogP contribution in [0.4, 0.5) is 4.39 Å². The SMILES string of the molecule is COc1cc(C)ccc1COCCCF. The van der Waals surface area contributed by atoms with Gasteiger partial charge in [0.25, 0.3) is 0 Å². The minimum atomic E-state index is -0.328. The molecular weight excluding hydrogens is 195 g/mol. The van der Waals surface area contributed by atoms with Crippen LogP contribution in [0.3, 0.4) is 0 Å². The fourth-order valence-corrected chi connectivity index (χ4v) is 1.31. The number of aryl methyl sites for hydroxylation is 1. The lowest BCUT2D eigenvalue weighted by Crippen LogP contribution is -1.99. The first-order valence-corrected chi connectivity index (χ1v) is 5.05. The van der Waals surface area contributed by atoms with Gasteiger partial charge in [-0.2, -0.15) is 0 Å². The van der Waals surface area contributed by atoms with Crippen molar-refractivity contribution in [1.82, 2.24) is 0 Å². The monoisotopic (exact) mass is 212 g/mol. The molecule has 15 heavy (non-hydrogen) atoms. The smallest absolute Gasteiger partial charge is 0.124 e. The van der Waals surface area contributed by atoms with E-state index in [0.717, 1.165) is 16.9 Å². The zero-order valence-corrected chi connectivity index (χ0v) is 9.25. The number of benzene rings is 1. The highest BCUT2D eigenvalue weighted by atomic mass is 19.1. The molecule has 2 nitrogen and oxygen atoms in total. The van der Waals surface area contributed by atoms with Gasteiger partial charge in [0, 0.05) is 12.2 Å². The summed E-state index contributed by atoms with van der Waals surface area (Å²) in [5.74, 6) is 0.829. The standard InChI is InChI=1S/C12H17FO2/c1-10-4-5-11(12(8-10)14-2)9-15-7-3-6-13/h4-5,8H,3,6-7,9H2,1-2H3. The van der Waals surface area contributed by atoms with Gasteiger partial charge in [-0.25, -0.2) is 0 Å². The van der Waals surface area contributed by atoms with Gasteiger partial charge in [0.05, 0.1) is 20.4 Å². The second kappa shape index (κ2) is 6.40. The van der Waals surface area contributed by atoms with Crippen LogP contribution in [0, 0.1) is 6.92 Å². The van der Waals surface area contributed by atoms with Gasteiger partial charge in [-0.05, 0) is 25.0 Å². The van der Waals surface area contributed by atoms with E-state index in [1.54, 1.807) is 7.11 Å². The van der Waals surface area contributed by atoms with Crippen molar-refractivity contribution < 1.29 is 13.9 Å². The first-order chi connectivity index (χ1) is 7.27. The molecule has 0 aliphatic heterocycles. The van der Waals surface area contributed by atoms with Crippen LogP contribution in [0.15, 0.2) is 18.2 Å². The molecule has 1 rings (SSSR count). The van der Waals surface area contributed by atoms with Gasteiger partial charge in [0.15, 0.2) is 0 Å². The molecule has 0 atom stereocenters. The van der Waals surface area contributed by atoms with Crippen molar-refractivity contribution >= 4 is 0 Å². The van der Waals surface area contributed by atoms with Gasteiger partial charge >= 0.3 is 0 Å². The molecule has 1 aromatic rings. The number of hydrogen-bond acceptors (Lipinski definition) is 2. The molecule has 0 radical (unpaired) electrons. The lowest BCUT2D eigenvalue weighted by molar-refractivity contribution is 0.112. The van der Waals surface area contributed by atoms with Crippen molar-refractivity contribution in [2.45, 2.75) is 20.0 Å². The Labute approximate surface area is 90.0 Å². The molecule has 3 heteroatoms. The van der Waals surface area contributed by atoms with Crippen molar-refractivity contribution in [2.24, 2.45) is 0 Å². The van der Waals surface area contributed by atoms with Crippen LogP contribution in [-0.2, 0) is 11.3 Å². The summed E-state index contributed by atoms with van der Waals surface area (Å²) >= 11 is 0. The molecule has 0 N–H and O–H groups in total. The third-order valence-corrected chi connectivity index (χ3v) is 2.12. The molecule has 0 heterocycles. The maximum Gasteiger partial charge on any atom is 0.124 e. The quantitative estimate of drug-likeness (QED) is 0.675. The van der Waals surface area contributed by atoms with E-state index in [1.165, 1.54) is 0 Å². The van der Waals surface area contributed by atoms with Crippen LogP contribution in [-0.4, -0.2) is 20.4 Å². The van der Waals surface area contributed by atoms with Crippen LogP contribution >= 0.6 is 0 Å². The third kappa shape index (κ3) is 3.88. The van der Waals surface area contributed by atoms with Crippen molar-refractivity contribution in [3.05, 3.63) is 29.3 Å². The van der Waals surface area contributed by atoms with Crippen LogP contribution in [0.25, 0.3) is 0 Å². The van der Waals surface area contributed by atoms with E-state index >= 15 is 0 Å². The molecule has 0 amide bonds. The van der Waals surface area contributed by atoms with Gasteiger partial charge in [-0.1, -0.05) is 12.1 Å². The van der Waals surface area contributed by atoms with E-state index in [0.29, 0.717) is 19.6 Å². The Balaban J connectivity index is 2.52. The van der Waals surface area contributed by atoms with Gasteiger partial charge in [0.2, 0.25) is 0 Å². The summed E-state index contributed by atoms with van der Waals surface area (Å²) in [7, 11) is 1.64. The highest BCUT2D eigenvalue weighted by Gasteiger charge is 2.02. The van der Waals surface area contributed by atoms with E-state index in [2.05, 4.69) is 0 Å². The Hall–Kier alpha value is -1.09. The minimum absolute atomic E-state index is 0.328. The largest absolute Gasteiger partial charge is 0.496 e. The highest BCUT2D eigenvalue weighted by molar-refractivity contribution is 5.36. The average Bonchev–Trinajstić information content (AvgIpc) is 2.26. The molecule has 0 bridgehead atoms. The van der Waals surface area contributed by atoms with Crippen molar-refractivity contribution in [1.29, 1.82) is 0 Å². The summed E-state index contributed by atoms with van der Waals surface area (Å²) in [6.07, 6.45) is 0.453. The average molecular weight is 212 g/mol.